The highest BCUT2D eigenvalue weighted by atomic mass is 16.5. The summed E-state index contributed by atoms with van der Waals surface area (Å²) < 4.78 is 6.38. The molecule has 0 amide bonds. The number of fused-ring (bicyclic) bond motifs is 8. The topological polar surface area (TPSA) is 47.9 Å². The first-order chi connectivity index (χ1) is 23.3. The lowest BCUT2D eigenvalue weighted by molar-refractivity contribution is 0.308. The van der Waals surface area contributed by atoms with E-state index in [-0.39, 0.29) is 17.8 Å². The third kappa shape index (κ3) is 4.46. The molecule has 4 atom stereocenters. The first-order valence-corrected chi connectivity index (χ1v) is 17.2. The molecule has 2 heterocycles. The zero-order valence-corrected chi connectivity index (χ0v) is 26.3. The van der Waals surface area contributed by atoms with Crippen LogP contribution in [0.1, 0.15) is 89.6 Å². The van der Waals surface area contributed by atoms with Gasteiger partial charge in [0.25, 0.3) is 0 Å². The van der Waals surface area contributed by atoms with Crippen LogP contribution in [-0.4, -0.2) is 15.0 Å². The van der Waals surface area contributed by atoms with Gasteiger partial charge in [-0.05, 0) is 106 Å². The number of ether oxygens (including phenoxy) is 1. The lowest BCUT2D eigenvalue weighted by Gasteiger charge is -2.29. The van der Waals surface area contributed by atoms with Gasteiger partial charge in [-0.1, -0.05) is 97.2 Å². The predicted molar refractivity (Wildman–Crippen MR) is 188 cm³/mol. The summed E-state index contributed by atoms with van der Waals surface area (Å²) in [7, 11) is 0. The van der Waals surface area contributed by atoms with Crippen LogP contribution in [0.4, 0.5) is 0 Å². The summed E-state index contributed by atoms with van der Waals surface area (Å²) in [6.07, 6.45) is 35.2. The Hall–Kier alpha value is -5.09. The van der Waals surface area contributed by atoms with E-state index in [1.54, 1.807) is 0 Å². The number of hydrogen-bond donors (Lipinski definition) is 0. The average molecular weight is 610 g/mol. The molecule has 0 N–H and O–H groups in total. The molecule has 0 spiro atoms. The van der Waals surface area contributed by atoms with Gasteiger partial charge in [-0.15, -0.1) is 0 Å². The molecule has 0 fully saturated rings. The standard InChI is InChI=1S/C43H35N3O/c1-2-10-29-24-30(18-16-26(29)8-1)41-44-42(46-43(45-41)36-13-7-15-39-40(36)35-12-5-6-14-38(35)47-39)31-19-17-28-21-22-33-32-11-4-3-9-27(32)20-23-34(33)37(28)25-31/h1-4,6-10,13-16,20-25,30,32,36,40H,5,11-12,17-19H2/t30?,32?,36?,40-/m1/s1. The van der Waals surface area contributed by atoms with Gasteiger partial charge in [0.15, 0.2) is 5.82 Å². The van der Waals surface area contributed by atoms with Gasteiger partial charge in [0, 0.05) is 11.8 Å². The van der Waals surface area contributed by atoms with Crippen molar-refractivity contribution >= 4 is 29.9 Å². The molecular weight excluding hydrogens is 574 g/mol. The van der Waals surface area contributed by atoms with Crippen LogP contribution in [0.3, 0.4) is 0 Å². The summed E-state index contributed by atoms with van der Waals surface area (Å²) >= 11 is 0. The third-order valence-electron chi connectivity index (χ3n) is 11.0. The third-order valence-corrected chi connectivity index (χ3v) is 11.0. The SMILES string of the molecule is C1=CCC2C(=C1)C=Cc1c2ccc2c1C=C(c1nc(C3C=c4ccccc4=CC3)nc(C3C=CC=C4OC5=C(CCC=C5)[C@@H]43)n1)CC2. The Morgan fingerprint density at radius 2 is 1.70 bits per heavy atom. The number of allylic oxidation sites excluding steroid dienone is 12. The van der Waals surface area contributed by atoms with Crippen molar-refractivity contribution in [1.82, 2.24) is 15.0 Å². The monoisotopic (exact) mass is 609 g/mol. The Bertz CT molecular complexity index is 2260. The molecule has 3 unspecified atom stereocenters. The molecule has 1 aromatic heterocycles. The van der Waals surface area contributed by atoms with Gasteiger partial charge in [0.1, 0.15) is 23.2 Å². The van der Waals surface area contributed by atoms with Crippen LogP contribution >= 0.6 is 0 Å². The van der Waals surface area contributed by atoms with Crippen LogP contribution in [0.15, 0.2) is 114 Å². The fraction of sp³-hybridized carbons (Fsp3) is 0.233. The summed E-state index contributed by atoms with van der Waals surface area (Å²) in [6, 6.07) is 13.3. The molecule has 1 aliphatic heterocycles. The molecule has 228 valence electrons. The first-order valence-electron chi connectivity index (χ1n) is 17.2. The van der Waals surface area contributed by atoms with E-state index in [4.69, 9.17) is 19.7 Å². The van der Waals surface area contributed by atoms with Gasteiger partial charge in [-0.25, -0.2) is 15.0 Å². The van der Waals surface area contributed by atoms with E-state index in [9.17, 15) is 0 Å². The minimum Gasteiger partial charge on any atom is -0.461 e. The number of benzene rings is 2. The van der Waals surface area contributed by atoms with E-state index < -0.39 is 0 Å². The van der Waals surface area contributed by atoms with Gasteiger partial charge in [0.2, 0.25) is 0 Å². The van der Waals surface area contributed by atoms with Crippen LogP contribution in [-0.2, 0) is 11.2 Å². The summed E-state index contributed by atoms with van der Waals surface area (Å²) in [6.45, 7) is 0. The molecule has 3 aromatic rings. The Kier molecular flexibility index (Phi) is 6.18. The van der Waals surface area contributed by atoms with Gasteiger partial charge in [-0.2, -0.15) is 0 Å². The molecule has 0 radical (unpaired) electrons. The van der Waals surface area contributed by atoms with E-state index >= 15 is 0 Å². The van der Waals surface area contributed by atoms with Crippen molar-refractivity contribution in [1.29, 1.82) is 0 Å². The molecule has 0 saturated carbocycles. The van der Waals surface area contributed by atoms with Gasteiger partial charge >= 0.3 is 0 Å². The Labute approximate surface area is 275 Å². The second-order valence-electron chi connectivity index (χ2n) is 13.6. The van der Waals surface area contributed by atoms with Gasteiger partial charge in [-0.3, -0.25) is 0 Å². The molecule has 47 heavy (non-hydrogen) atoms. The maximum atomic E-state index is 6.38. The first kappa shape index (κ1) is 27.1. The van der Waals surface area contributed by atoms with E-state index in [0.29, 0.717) is 5.92 Å². The fourth-order valence-electron chi connectivity index (χ4n) is 8.59. The highest BCUT2D eigenvalue weighted by molar-refractivity contribution is 5.87. The number of hydrogen-bond acceptors (Lipinski definition) is 4. The minimum atomic E-state index is 0.00564. The number of nitrogens with zero attached hydrogens (tertiary/aromatic N) is 3. The second-order valence-corrected chi connectivity index (χ2v) is 13.6. The number of rotatable bonds is 3. The zero-order chi connectivity index (χ0) is 30.9. The van der Waals surface area contributed by atoms with Crippen LogP contribution in [0.25, 0.3) is 29.9 Å². The Morgan fingerprint density at radius 1 is 0.766 bits per heavy atom. The molecule has 10 rings (SSSR count). The fourth-order valence-corrected chi connectivity index (χ4v) is 8.59. The molecule has 7 aliphatic rings. The smallest absolute Gasteiger partial charge is 0.159 e. The zero-order valence-electron chi connectivity index (χ0n) is 26.3. The lowest BCUT2D eigenvalue weighted by atomic mass is 9.75. The van der Waals surface area contributed by atoms with Crippen LogP contribution in [0.2, 0.25) is 0 Å². The van der Waals surface area contributed by atoms with Crippen molar-refractivity contribution in [2.24, 2.45) is 5.92 Å². The van der Waals surface area contributed by atoms with Crippen molar-refractivity contribution in [2.45, 2.75) is 56.3 Å². The van der Waals surface area contributed by atoms with Crippen LogP contribution in [0.5, 0.6) is 0 Å². The van der Waals surface area contributed by atoms with E-state index in [0.717, 1.165) is 67.5 Å². The second kappa shape index (κ2) is 10.7. The highest BCUT2D eigenvalue weighted by Crippen LogP contribution is 2.49. The quantitative estimate of drug-likeness (QED) is 0.303. The number of aromatic nitrogens is 3. The molecule has 4 heteroatoms. The normalized spacial score (nSPS) is 25.8. The van der Waals surface area contributed by atoms with E-state index in [1.165, 1.54) is 49.4 Å². The molecular formula is C43H35N3O. The maximum Gasteiger partial charge on any atom is 0.159 e. The van der Waals surface area contributed by atoms with Crippen molar-refractivity contribution in [3.8, 4) is 0 Å². The molecule has 0 bridgehead atoms. The van der Waals surface area contributed by atoms with Crippen LogP contribution in [0, 0.1) is 5.92 Å². The molecule has 6 aliphatic carbocycles. The number of aryl methyl sites for hydroxylation is 1. The van der Waals surface area contributed by atoms with Gasteiger partial charge < -0.3 is 4.74 Å². The molecule has 2 aromatic carbocycles. The van der Waals surface area contributed by atoms with Crippen molar-refractivity contribution in [3.05, 3.63) is 164 Å². The van der Waals surface area contributed by atoms with Crippen molar-refractivity contribution < 1.29 is 4.74 Å². The minimum absolute atomic E-state index is 0.00564. The highest BCUT2D eigenvalue weighted by Gasteiger charge is 2.40. The Morgan fingerprint density at radius 3 is 2.68 bits per heavy atom. The average Bonchev–Trinajstić information content (AvgIpc) is 3.53. The van der Waals surface area contributed by atoms with Gasteiger partial charge in [0.05, 0.1) is 11.8 Å². The van der Waals surface area contributed by atoms with Crippen molar-refractivity contribution in [2.75, 3.05) is 0 Å². The van der Waals surface area contributed by atoms with Crippen molar-refractivity contribution in [3.63, 3.8) is 0 Å². The Balaban J connectivity index is 1.11. The van der Waals surface area contributed by atoms with Crippen LogP contribution < -0.4 is 10.4 Å². The molecule has 4 nitrogen and oxygen atoms in total. The summed E-state index contributed by atoms with van der Waals surface area (Å²) in [5.41, 5.74) is 9.52. The summed E-state index contributed by atoms with van der Waals surface area (Å²) in [5, 5.41) is 2.53. The summed E-state index contributed by atoms with van der Waals surface area (Å²) in [4.78, 5) is 15.9. The lowest BCUT2D eigenvalue weighted by Crippen LogP contribution is -2.28. The largest absolute Gasteiger partial charge is 0.461 e. The van der Waals surface area contributed by atoms with E-state index in [2.05, 4.69) is 115 Å². The molecule has 0 saturated heterocycles. The van der Waals surface area contributed by atoms with E-state index in [1.807, 2.05) is 0 Å². The predicted octanol–water partition coefficient (Wildman–Crippen LogP) is 7.89. The summed E-state index contributed by atoms with van der Waals surface area (Å²) in [5.74, 6) is 5.23. The maximum absolute atomic E-state index is 6.38.